The van der Waals surface area contributed by atoms with E-state index in [1.54, 1.807) is 24.4 Å². The number of rotatable bonds is 7. The molecule has 8 nitrogen and oxygen atoms in total. The number of aromatic nitrogens is 4. The van der Waals surface area contributed by atoms with E-state index in [1.165, 1.54) is 12.1 Å². The fraction of sp³-hybridized carbons (Fsp3) is 0.150. The van der Waals surface area contributed by atoms with Crippen LogP contribution in [0.25, 0.3) is 22.6 Å². The summed E-state index contributed by atoms with van der Waals surface area (Å²) in [5.74, 6) is 0.576. The highest BCUT2D eigenvalue weighted by molar-refractivity contribution is 7.89. The summed E-state index contributed by atoms with van der Waals surface area (Å²) >= 11 is 0. The van der Waals surface area contributed by atoms with Gasteiger partial charge in [0.15, 0.2) is 0 Å². The normalized spacial score (nSPS) is 11.6. The lowest BCUT2D eigenvalue weighted by molar-refractivity contribution is 0.376. The summed E-state index contributed by atoms with van der Waals surface area (Å²) in [4.78, 5) is 4.50. The molecule has 2 aromatic carbocycles. The molecule has 0 atom stereocenters. The van der Waals surface area contributed by atoms with Gasteiger partial charge < -0.3 is 4.52 Å². The van der Waals surface area contributed by atoms with Gasteiger partial charge in [0.1, 0.15) is 0 Å². The van der Waals surface area contributed by atoms with E-state index in [1.807, 2.05) is 41.9 Å². The van der Waals surface area contributed by atoms with E-state index in [4.69, 9.17) is 4.52 Å². The molecule has 29 heavy (non-hydrogen) atoms. The molecular formula is C20H19N5O3S. The number of nitrogens with zero attached hydrogens (tertiary/aromatic N) is 4. The Kier molecular flexibility index (Phi) is 5.24. The molecule has 0 fully saturated rings. The predicted molar refractivity (Wildman–Crippen MR) is 107 cm³/mol. The second-order valence-corrected chi connectivity index (χ2v) is 8.03. The fourth-order valence-corrected chi connectivity index (χ4v) is 3.93. The van der Waals surface area contributed by atoms with Crippen LogP contribution in [0.4, 0.5) is 0 Å². The first-order chi connectivity index (χ1) is 14.1. The van der Waals surface area contributed by atoms with Crippen LogP contribution >= 0.6 is 0 Å². The molecule has 4 aromatic rings. The lowest BCUT2D eigenvalue weighted by atomic mass is 10.1. The standard InChI is InChI=1S/C20H19N5O3S/c1-2-25-18(11-12-21-25)15-7-6-8-16(13-15)20-23-19(28-24-20)14-22-29(26,27)17-9-4-3-5-10-17/h3-13,22H,2,14H2,1H3. The summed E-state index contributed by atoms with van der Waals surface area (Å²) in [7, 11) is -3.65. The largest absolute Gasteiger partial charge is 0.338 e. The molecule has 2 aromatic heterocycles. The predicted octanol–water partition coefficient (Wildman–Crippen LogP) is 3.10. The molecule has 0 saturated carbocycles. The van der Waals surface area contributed by atoms with E-state index in [0.717, 1.165) is 23.4 Å². The molecule has 0 amide bonds. The van der Waals surface area contributed by atoms with Gasteiger partial charge in [0.25, 0.3) is 0 Å². The van der Waals surface area contributed by atoms with Gasteiger partial charge in [-0.1, -0.05) is 41.6 Å². The van der Waals surface area contributed by atoms with E-state index in [2.05, 4.69) is 20.0 Å². The zero-order valence-electron chi connectivity index (χ0n) is 15.7. The average Bonchev–Trinajstić information content (AvgIpc) is 3.42. The van der Waals surface area contributed by atoms with Crippen LogP contribution in [0.1, 0.15) is 12.8 Å². The Labute approximate surface area is 168 Å². The molecule has 0 radical (unpaired) electrons. The van der Waals surface area contributed by atoms with Crippen molar-refractivity contribution in [3.8, 4) is 22.6 Å². The minimum absolute atomic E-state index is 0.0908. The third-order valence-electron chi connectivity index (χ3n) is 4.37. The summed E-state index contributed by atoms with van der Waals surface area (Å²) in [5, 5.41) is 8.27. The second kappa shape index (κ2) is 7.98. The maximum absolute atomic E-state index is 12.3. The van der Waals surface area contributed by atoms with Crippen LogP contribution in [-0.4, -0.2) is 28.3 Å². The van der Waals surface area contributed by atoms with E-state index in [9.17, 15) is 8.42 Å². The van der Waals surface area contributed by atoms with Gasteiger partial charge in [-0.05, 0) is 31.2 Å². The number of hydrogen-bond acceptors (Lipinski definition) is 6. The van der Waals surface area contributed by atoms with Crippen LogP contribution in [0, 0.1) is 0 Å². The number of sulfonamides is 1. The third kappa shape index (κ3) is 4.10. The summed E-state index contributed by atoms with van der Waals surface area (Å²) in [6.07, 6.45) is 1.76. The molecule has 0 aliphatic rings. The van der Waals surface area contributed by atoms with E-state index in [-0.39, 0.29) is 17.3 Å². The Hall–Kier alpha value is -3.30. The molecule has 0 bridgehead atoms. The van der Waals surface area contributed by atoms with E-state index in [0.29, 0.717) is 5.82 Å². The third-order valence-corrected chi connectivity index (χ3v) is 5.78. The molecule has 0 aliphatic carbocycles. The van der Waals surface area contributed by atoms with Crippen molar-refractivity contribution in [1.82, 2.24) is 24.6 Å². The fourth-order valence-electron chi connectivity index (χ4n) is 2.93. The highest BCUT2D eigenvalue weighted by Crippen LogP contribution is 2.24. The van der Waals surface area contributed by atoms with Gasteiger partial charge >= 0.3 is 0 Å². The minimum atomic E-state index is -3.65. The Bertz CT molecular complexity index is 1220. The maximum atomic E-state index is 12.3. The van der Waals surface area contributed by atoms with E-state index < -0.39 is 10.0 Å². The van der Waals surface area contributed by atoms with Crippen molar-refractivity contribution in [3.63, 3.8) is 0 Å². The molecule has 9 heteroatoms. The molecule has 4 rings (SSSR count). The summed E-state index contributed by atoms with van der Waals surface area (Å²) in [5.41, 5.74) is 2.75. The minimum Gasteiger partial charge on any atom is -0.338 e. The molecule has 0 unspecified atom stereocenters. The maximum Gasteiger partial charge on any atom is 0.242 e. The van der Waals surface area contributed by atoms with Crippen molar-refractivity contribution in [2.24, 2.45) is 0 Å². The van der Waals surface area contributed by atoms with Gasteiger partial charge in [-0.2, -0.15) is 10.1 Å². The number of aryl methyl sites for hydroxylation is 1. The van der Waals surface area contributed by atoms with Crippen LogP contribution in [0.15, 0.2) is 76.3 Å². The first-order valence-corrected chi connectivity index (χ1v) is 10.5. The number of hydrogen-bond donors (Lipinski definition) is 1. The van der Waals surface area contributed by atoms with Gasteiger partial charge in [-0.15, -0.1) is 0 Å². The quantitative estimate of drug-likeness (QED) is 0.503. The van der Waals surface area contributed by atoms with Crippen LogP contribution in [-0.2, 0) is 23.1 Å². The van der Waals surface area contributed by atoms with Crippen molar-refractivity contribution in [3.05, 3.63) is 72.8 Å². The highest BCUT2D eigenvalue weighted by Gasteiger charge is 2.16. The molecule has 148 valence electrons. The molecule has 1 N–H and O–H groups in total. The molecule has 0 aliphatic heterocycles. The Balaban J connectivity index is 1.52. The first kappa shape index (κ1) is 19.0. The highest BCUT2D eigenvalue weighted by atomic mass is 32.2. The summed E-state index contributed by atoms with van der Waals surface area (Å²) < 4.78 is 34.2. The van der Waals surface area contributed by atoms with Crippen LogP contribution < -0.4 is 4.72 Å². The number of benzene rings is 2. The van der Waals surface area contributed by atoms with Crippen molar-refractivity contribution in [2.75, 3.05) is 0 Å². The lowest BCUT2D eigenvalue weighted by Gasteiger charge is -2.05. The number of nitrogens with one attached hydrogen (secondary N) is 1. The summed E-state index contributed by atoms with van der Waals surface area (Å²) in [6, 6.07) is 17.8. The molecule has 2 heterocycles. The average molecular weight is 409 g/mol. The van der Waals surface area contributed by atoms with Gasteiger partial charge in [0.05, 0.1) is 17.1 Å². The molecular weight excluding hydrogens is 390 g/mol. The second-order valence-electron chi connectivity index (χ2n) is 6.26. The van der Waals surface area contributed by atoms with Gasteiger partial charge in [-0.25, -0.2) is 13.1 Å². The van der Waals surface area contributed by atoms with Crippen LogP contribution in [0.5, 0.6) is 0 Å². The SMILES string of the molecule is CCn1nccc1-c1cccc(-c2noc(CNS(=O)(=O)c3ccccc3)n2)c1. The van der Waals surface area contributed by atoms with Crippen molar-refractivity contribution in [2.45, 2.75) is 24.9 Å². The van der Waals surface area contributed by atoms with Crippen molar-refractivity contribution in [1.29, 1.82) is 0 Å². The van der Waals surface area contributed by atoms with Gasteiger partial charge in [0, 0.05) is 23.9 Å². The van der Waals surface area contributed by atoms with Crippen molar-refractivity contribution >= 4 is 10.0 Å². The summed E-state index contributed by atoms with van der Waals surface area (Å²) in [6.45, 7) is 2.70. The topological polar surface area (TPSA) is 103 Å². The van der Waals surface area contributed by atoms with Crippen LogP contribution in [0.2, 0.25) is 0 Å². The lowest BCUT2D eigenvalue weighted by Crippen LogP contribution is -2.23. The zero-order valence-corrected chi connectivity index (χ0v) is 16.5. The van der Waals surface area contributed by atoms with E-state index >= 15 is 0 Å². The van der Waals surface area contributed by atoms with Gasteiger partial charge in [0.2, 0.25) is 21.7 Å². The smallest absolute Gasteiger partial charge is 0.242 e. The van der Waals surface area contributed by atoms with Crippen LogP contribution in [0.3, 0.4) is 0 Å². The van der Waals surface area contributed by atoms with Gasteiger partial charge in [-0.3, -0.25) is 4.68 Å². The first-order valence-electron chi connectivity index (χ1n) is 9.07. The Morgan fingerprint density at radius 2 is 1.83 bits per heavy atom. The Morgan fingerprint density at radius 1 is 1.03 bits per heavy atom. The molecule has 0 spiro atoms. The molecule has 0 saturated heterocycles. The monoisotopic (exact) mass is 409 g/mol. The van der Waals surface area contributed by atoms with Crippen molar-refractivity contribution < 1.29 is 12.9 Å². The zero-order chi connectivity index (χ0) is 20.3. The Morgan fingerprint density at radius 3 is 2.62 bits per heavy atom.